The molecular formula is C32H58NO8. The van der Waals surface area contributed by atoms with E-state index < -0.39 is 18.4 Å². The van der Waals surface area contributed by atoms with Crippen LogP contribution in [-0.4, -0.2) is 88.2 Å². The van der Waals surface area contributed by atoms with Crippen LogP contribution in [0.25, 0.3) is 0 Å². The molecule has 0 aromatic heterocycles. The third-order valence-corrected chi connectivity index (χ3v) is 6.05. The highest BCUT2D eigenvalue weighted by molar-refractivity contribution is 5.69. The van der Waals surface area contributed by atoms with E-state index in [4.69, 9.17) is 28.8 Å². The number of aliphatic hydroxyl groups is 1. The fraction of sp³-hybridized carbons (Fsp3) is 0.781. The van der Waals surface area contributed by atoms with Crippen LogP contribution in [0, 0.1) is 12.8 Å². The molecule has 0 fully saturated rings. The van der Waals surface area contributed by atoms with Crippen LogP contribution in [0.3, 0.4) is 0 Å². The van der Waals surface area contributed by atoms with Crippen molar-refractivity contribution in [2.75, 3.05) is 59.8 Å². The van der Waals surface area contributed by atoms with Crippen LogP contribution >= 0.6 is 0 Å². The Hall–Kier alpha value is -1.94. The van der Waals surface area contributed by atoms with Crippen molar-refractivity contribution in [2.45, 2.75) is 97.2 Å². The molecule has 1 atom stereocenters. The lowest BCUT2D eigenvalue weighted by atomic mass is 10.2. The molecule has 0 aromatic rings. The zero-order valence-corrected chi connectivity index (χ0v) is 26.1. The lowest BCUT2D eigenvalue weighted by molar-refractivity contribution is -0.160. The molecule has 0 aromatic carbocycles. The summed E-state index contributed by atoms with van der Waals surface area (Å²) in [5, 5.41) is 8.85. The molecule has 0 bridgehead atoms. The third-order valence-electron chi connectivity index (χ3n) is 6.05. The number of nitrogens with zero attached hydrogens (tertiary/aromatic N) is 1. The second-order valence-corrected chi connectivity index (χ2v) is 10.2. The van der Waals surface area contributed by atoms with Gasteiger partial charge in [-0.3, -0.25) is 4.79 Å². The van der Waals surface area contributed by atoms with E-state index in [1.54, 1.807) is 0 Å². The Balaban J connectivity index is 4.20. The van der Waals surface area contributed by atoms with Crippen molar-refractivity contribution < 1.29 is 38.4 Å². The van der Waals surface area contributed by atoms with E-state index in [0.29, 0.717) is 32.5 Å². The molecule has 1 N–H and O–H groups in total. The van der Waals surface area contributed by atoms with Crippen LogP contribution in [0.1, 0.15) is 90.9 Å². The van der Waals surface area contributed by atoms with Crippen LogP contribution in [-0.2, 0) is 28.5 Å². The monoisotopic (exact) mass is 584 g/mol. The number of rotatable bonds is 28. The van der Waals surface area contributed by atoms with Crippen molar-refractivity contribution in [3.8, 4) is 0 Å². The van der Waals surface area contributed by atoms with E-state index in [9.17, 15) is 9.59 Å². The Morgan fingerprint density at radius 1 is 0.780 bits per heavy atom. The Kier molecular flexibility index (Phi) is 28.2. The summed E-state index contributed by atoms with van der Waals surface area (Å²) >= 11 is 0. The summed E-state index contributed by atoms with van der Waals surface area (Å²) in [7, 11) is 1.95. The molecule has 41 heavy (non-hydrogen) atoms. The second-order valence-electron chi connectivity index (χ2n) is 10.2. The number of esters is 1. The van der Waals surface area contributed by atoms with Gasteiger partial charge in [-0.05, 0) is 78.2 Å². The van der Waals surface area contributed by atoms with E-state index in [1.165, 1.54) is 0 Å². The minimum absolute atomic E-state index is 0.00173. The summed E-state index contributed by atoms with van der Waals surface area (Å²) in [4.78, 5) is 26.1. The van der Waals surface area contributed by atoms with Crippen LogP contribution in [0.15, 0.2) is 24.3 Å². The number of allylic oxidation sites excluding steroid dienone is 4. The van der Waals surface area contributed by atoms with E-state index in [0.717, 1.165) is 64.5 Å². The highest BCUT2D eigenvalue weighted by Crippen LogP contribution is 2.11. The summed E-state index contributed by atoms with van der Waals surface area (Å²) < 4.78 is 27.3. The first-order valence-electron chi connectivity index (χ1n) is 15.5. The van der Waals surface area contributed by atoms with Gasteiger partial charge in [-0.15, -0.1) is 0 Å². The van der Waals surface area contributed by atoms with Crippen molar-refractivity contribution in [1.29, 1.82) is 0 Å². The molecule has 1 radical (unpaired) electrons. The molecule has 0 aliphatic heterocycles. The predicted octanol–water partition coefficient (Wildman–Crippen LogP) is 6.25. The average Bonchev–Trinajstić information content (AvgIpc) is 2.97. The van der Waals surface area contributed by atoms with Gasteiger partial charge in [-0.1, -0.05) is 38.2 Å². The van der Waals surface area contributed by atoms with Crippen molar-refractivity contribution in [1.82, 2.24) is 4.90 Å². The minimum Gasteiger partial charge on any atom is -0.465 e. The van der Waals surface area contributed by atoms with Crippen molar-refractivity contribution in [3.05, 3.63) is 31.2 Å². The SMILES string of the molecule is [CH2]C(COC(=O)CCC(OCCCC/C=C\CC)OCCCC/C=C\CC)COC(=O)OCCCN(C)CCCO. The third kappa shape index (κ3) is 28.0. The van der Waals surface area contributed by atoms with Gasteiger partial charge in [0.25, 0.3) is 0 Å². The molecule has 0 saturated heterocycles. The molecule has 9 nitrogen and oxygen atoms in total. The molecule has 0 aliphatic rings. The van der Waals surface area contributed by atoms with Gasteiger partial charge in [-0.25, -0.2) is 4.79 Å². The molecule has 1 unspecified atom stereocenters. The van der Waals surface area contributed by atoms with E-state index in [-0.39, 0.29) is 38.8 Å². The Morgan fingerprint density at radius 3 is 1.95 bits per heavy atom. The zero-order chi connectivity index (χ0) is 30.4. The Morgan fingerprint density at radius 2 is 1.37 bits per heavy atom. The van der Waals surface area contributed by atoms with Crippen LogP contribution in [0.5, 0.6) is 0 Å². The number of aliphatic hydroxyl groups excluding tert-OH is 1. The summed E-state index contributed by atoms with van der Waals surface area (Å²) in [6.45, 7) is 11.3. The second kappa shape index (κ2) is 29.5. The predicted molar refractivity (Wildman–Crippen MR) is 162 cm³/mol. The molecule has 0 aliphatic carbocycles. The van der Waals surface area contributed by atoms with E-state index in [2.05, 4.69) is 50.0 Å². The first-order valence-corrected chi connectivity index (χ1v) is 15.5. The van der Waals surface area contributed by atoms with E-state index in [1.807, 2.05) is 7.05 Å². The normalized spacial score (nSPS) is 12.6. The molecule has 239 valence electrons. The highest BCUT2D eigenvalue weighted by atomic mass is 16.7. The minimum atomic E-state index is -0.761. The number of unbranched alkanes of at least 4 members (excludes halogenated alkanes) is 4. The number of hydrogen-bond donors (Lipinski definition) is 1. The van der Waals surface area contributed by atoms with Gasteiger partial charge in [0, 0.05) is 45.2 Å². The summed E-state index contributed by atoms with van der Waals surface area (Å²) in [6, 6.07) is 0. The Labute approximate surface area is 249 Å². The van der Waals surface area contributed by atoms with Crippen LogP contribution in [0.4, 0.5) is 4.79 Å². The fourth-order valence-corrected chi connectivity index (χ4v) is 3.68. The molecule has 0 heterocycles. The summed E-state index contributed by atoms with van der Waals surface area (Å²) in [5.74, 6) is -0.763. The number of carbonyl (C=O) groups is 2. The van der Waals surface area contributed by atoms with Gasteiger partial charge >= 0.3 is 12.1 Å². The van der Waals surface area contributed by atoms with Gasteiger partial charge < -0.3 is 33.7 Å². The maximum atomic E-state index is 12.3. The standard InChI is InChI=1S/C32H58NO8/c1-5-7-9-11-13-15-24-37-31(38-25-16-14-12-10-8-6-2)20-19-30(35)40-27-29(3)28-41-32(36)39-26-18-22-33(4)21-17-23-34/h7-10,29,31,34H,3,5-6,11-28H2,1-2,4H3/b9-7-,10-8-. The van der Waals surface area contributed by atoms with Gasteiger partial charge in [0.2, 0.25) is 0 Å². The van der Waals surface area contributed by atoms with Crippen molar-refractivity contribution >= 4 is 12.1 Å². The summed E-state index contributed by atoms with van der Waals surface area (Å²) in [6.07, 6.45) is 17.7. The van der Waals surface area contributed by atoms with Gasteiger partial charge in [-0.2, -0.15) is 0 Å². The average molecular weight is 585 g/mol. The molecule has 0 rings (SSSR count). The lowest BCUT2D eigenvalue weighted by Gasteiger charge is -2.19. The first kappa shape index (κ1) is 39.1. The van der Waals surface area contributed by atoms with E-state index >= 15 is 0 Å². The maximum absolute atomic E-state index is 12.3. The topological polar surface area (TPSA) is 104 Å². The molecule has 9 heteroatoms. The molecule has 0 amide bonds. The van der Waals surface area contributed by atoms with Gasteiger partial charge in [0.05, 0.1) is 19.6 Å². The number of carbonyl (C=O) groups excluding carboxylic acids is 2. The number of hydrogen-bond acceptors (Lipinski definition) is 9. The zero-order valence-electron chi connectivity index (χ0n) is 26.1. The summed E-state index contributed by atoms with van der Waals surface area (Å²) in [5.41, 5.74) is 0. The first-order chi connectivity index (χ1) is 19.9. The Bertz CT molecular complexity index is 646. The quantitative estimate of drug-likeness (QED) is 0.0494. The largest absolute Gasteiger partial charge is 0.508 e. The van der Waals surface area contributed by atoms with Crippen molar-refractivity contribution in [2.24, 2.45) is 5.92 Å². The molecular weight excluding hydrogens is 526 g/mol. The fourth-order valence-electron chi connectivity index (χ4n) is 3.68. The maximum Gasteiger partial charge on any atom is 0.508 e. The van der Waals surface area contributed by atoms with Gasteiger partial charge in [0.15, 0.2) is 6.29 Å². The lowest BCUT2D eigenvalue weighted by Crippen LogP contribution is -2.24. The molecule has 0 spiro atoms. The highest BCUT2D eigenvalue weighted by Gasteiger charge is 2.15. The van der Waals surface area contributed by atoms with Crippen LogP contribution < -0.4 is 0 Å². The molecule has 0 saturated carbocycles. The van der Waals surface area contributed by atoms with Gasteiger partial charge in [0.1, 0.15) is 6.61 Å². The number of ether oxygens (including phenoxy) is 5. The smallest absolute Gasteiger partial charge is 0.465 e. The van der Waals surface area contributed by atoms with Crippen molar-refractivity contribution in [3.63, 3.8) is 0 Å². The van der Waals surface area contributed by atoms with Crippen LogP contribution in [0.2, 0.25) is 0 Å².